The van der Waals surface area contributed by atoms with Gasteiger partial charge in [-0.15, -0.1) is 0 Å². The second kappa shape index (κ2) is 9.29. The van der Waals surface area contributed by atoms with Crippen LogP contribution in [0.1, 0.15) is 29.8 Å². The number of benzene rings is 1. The molecule has 9 nitrogen and oxygen atoms in total. The van der Waals surface area contributed by atoms with E-state index in [4.69, 9.17) is 14.9 Å². The van der Waals surface area contributed by atoms with Gasteiger partial charge in [-0.2, -0.15) is 4.31 Å². The maximum absolute atomic E-state index is 12.8. The number of sulfonamides is 1. The Morgan fingerprint density at radius 1 is 1.24 bits per heavy atom. The van der Waals surface area contributed by atoms with E-state index in [1.807, 2.05) is 0 Å². The van der Waals surface area contributed by atoms with Crippen molar-refractivity contribution in [1.82, 2.24) is 4.31 Å². The molecule has 0 spiro atoms. The summed E-state index contributed by atoms with van der Waals surface area (Å²) in [7, 11) is -3.79. The molecule has 1 aliphatic heterocycles. The number of esters is 1. The lowest BCUT2D eigenvalue weighted by atomic mass is 10.1. The molecule has 0 aliphatic carbocycles. The zero-order valence-corrected chi connectivity index (χ0v) is 17.3. The van der Waals surface area contributed by atoms with E-state index >= 15 is 0 Å². The molecule has 0 radical (unpaired) electrons. The van der Waals surface area contributed by atoms with E-state index in [9.17, 15) is 23.1 Å². The van der Waals surface area contributed by atoms with Gasteiger partial charge in [-0.25, -0.2) is 13.2 Å². The first kappa shape index (κ1) is 22.7. The predicted octanol–water partition coefficient (Wildman–Crippen LogP) is 1.61. The third-order valence-corrected chi connectivity index (χ3v) is 6.29. The number of morpholine rings is 1. The summed E-state index contributed by atoms with van der Waals surface area (Å²) in [5.41, 5.74) is 0.150. The van der Waals surface area contributed by atoms with Crippen LogP contribution in [0.25, 0.3) is 0 Å². The quantitative estimate of drug-likeness (QED) is 0.294. The SMILES string of the molecule is CC(=N)/C(C(C)=O)=C(/O)COC(=O)c1cc(S(=O)(=O)N2CCOCC2)ccc1C. The van der Waals surface area contributed by atoms with E-state index in [1.165, 1.54) is 36.4 Å². The largest absolute Gasteiger partial charge is 0.508 e. The van der Waals surface area contributed by atoms with Crippen LogP contribution in [0.4, 0.5) is 0 Å². The third kappa shape index (κ3) is 5.28. The van der Waals surface area contributed by atoms with Crippen LogP contribution in [0, 0.1) is 12.3 Å². The molecule has 2 N–H and O–H groups in total. The molecule has 0 amide bonds. The first-order valence-corrected chi connectivity index (χ1v) is 10.3. The summed E-state index contributed by atoms with van der Waals surface area (Å²) in [6.07, 6.45) is 0. The standard InChI is InChI=1S/C19H24N2O7S/c1-12-4-5-15(29(25,26)21-6-8-27-9-7-21)10-16(12)19(24)28-11-17(23)18(13(2)20)14(3)22/h4-5,10,20,23H,6-9,11H2,1-3H3/b18-17-,20-13?. The molecule has 29 heavy (non-hydrogen) atoms. The summed E-state index contributed by atoms with van der Waals surface area (Å²) < 4.78 is 37.1. The molecule has 2 rings (SSSR count). The average Bonchev–Trinajstić information content (AvgIpc) is 2.66. The number of Topliss-reactive ketones (excluding diaryl/α,β-unsaturated/α-hetero) is 1. The molecule has 1 heterocycles. The van der Waals surface area contributed by atoms with E-state index in [1.54, 1.807) is 6.92 Å². The van der Waals surface area contributed by atoms with Gasteiger partial charge in [0.2, 0.25) is 10.0 Å². The number of allylic oxidation sites excluding steroid dienone is 1. The van der Waals surface area contributed by atoms with Crippen molar-refractivity contribution in [1.29, 1.82) is 5.41 Å². The average molecular weight is 424 g/mol. The fourth-order valence-corrected chi connectivity index (χ4v) is 4.32. The number of hydrogen-bond acceptors (Lipinski definition) is 8. The van der Waals surface area contributed by atoms with E-state index in [0.29, 0.717) is 18.8 Å². The lowest BCUT2D eigenvalue weighted by molar-refractivity contribution is -0.113. The Hall–Kier alpha value is -2.56. The van der Waals surface area contributed by atoms with Crippen molar-refractivity contribution >= 4 is 27.5 Å². The number of aliphatic hydroxyl groups excluding tert-OH is 1. The highest BCUT2D eigenvalue weighted by atomic mass is 32.2. The number of aliphatic hydroxyl groups is 1. The normalized spacial score (nSPS) is 16.1. The summed E-state index contributed by atoms with van der Waals surface area (Å²) in [6, 6.07) is 4.15. The molecule has 10 heteroatoms. The predicted molar refractivity (Wildman–Crippen MR) is 105 cm³/mol. The Labute approximate surface area is 169 Å². The van der Waals surface area contributed by atoms with Crippen LogP contribution in [0.5, 0.6) is 0 Å². The number of ether oxygens (including phenoxy) is 2. The minimum atomic E-state index is -3.79. The fourth-order valence-electron chi connectivity index (χ4n) is 2.89. The Morgan fingerprint density at radius 2 is 1.86 bits per heavy atom. The fraction of sp³-hybridized carbons (Fsp3) is 0.421. The highest BCUT2D eigenvalue weighted by Crippen LogP contribution is 2.21. The van der Waals surface area contributed by atoms with Crippen LogP contribution in [0.15, 0.2) is 34.4 Å². The van der Waals surface area contributed by atoms with Gasteiger partial charge in [0, 0.05) is 18.8 Å². The van der Waals surface area contributed by atoms with Gasteiger partial charge < -0.3 is 20.0 Å². The van der Waals surface area contributed by atoms with Gasteiger partial charge in [-0.05, 0) is 38.5 Å². The number of ketones is 1. The Balaban J connectivity index is 2.25. The van der Waals surface area contributed by atoms with Gasteiger partial charge in [0.1, 0.15) is 12.4 Å². The number of carbonyl (C=O) groups is 2. The van der Waals surface area contributed by atoms with Crippen LogP contribution in [-0.4, -0.2) is 68.2 Å². The van der Waals surface area contributed by atoms with Gasteiger partial charge in [-0.3, -0.25) is 4.79 Å². The monoisotopic (exact) mass is 424 g/mol. The maximum Gasteiger partial charge on any atom is 0.338 e. The minimum absolute atomic E-state index is 0.0306. The first-order valence-electron chi connectivity index (χ1n) is 8.90. The van der Waals surface area contributed by atoms with E-state index in [0.717, 1.165) is 0 Å². The molecule has 1 saturated heterocycles. The zero-order chi connectivity index (χ0) is 21.8. The third-order valence-electron chi connectivity index (χ3n) is 4.39. The summed E-state index contributed by atoms with van der Waals surface area (Å²) in [6.45, 7) is 4.60. The molecule has 0 saturated carbocycles. The molecule has 0 unspecified atom stereocenters. The van der Waals surface area contributed by atoms with Crippen molar-refractivity contribution < 1.29 is 32.6 Å². The molecule has 1 fully saturated rings. The molecular weight excluding hydrogens is 400 g/mol. The molecular formula is C19H24N2O7S. The van der Waals surface area contributed by atoms with Gasteiger partial charge in [0.15, 0.2) is 5.78 Å². The first-order chi connectivity index (χ1) is 13.6. The van der Waals surface area contributed by atoms with E-state index < -0.39 is 34.1 Å². The van der Waals surface area contributed by atoms with E-state index in [2.05, 4.69) is 0 Å². The van der Waals surface area contributed by atoms with Crippen molar-refractivity contribution in [2.45, 2.75) is 25.7 Å². The molecule has 0 aromatic heterocycles. The van der Waals surface area contributed by atoms with Gasteiger partial charge in [0.25, 0.3) is 0 Å². The number of nitrogens with one attached hydrogen (secondary N) is 1. The Kier molecular flexibility index (Phi) is 7.28. The number of carbonyl (C=O) groups excluding carboxylic acids is 2. The van der Waals surface area contributed by atoms with Crippen molar-refractivity contribution in [2.75, 3.05) is 32.9 Å². The zero-order valence-electron chi connectivity index (χ0n) is 16.5. The molecule has 1 aromatic carbocycles. The van der Waals surface area contributed by atoms with Gasteiger partial charge in [0.05, 0.1) is 29.2 Å². The summed E-state index contributed by atoms with van der Waals surface area (Å²) in [5.74, 6) is -1.91. The maximum atomic E-state index is 12.8. The Morgan fingerprint density at radius 3 is 2.41 bits per heavy atom. The number of rotatable bonds is 7. The summed E-state index contributed by atoms with van der Waals surface area (Å²) >= 11 is 0. The Bertz CT molecular complexity index is 945. The summed E-state index contributed by atoms with van der Waals surface area (Å²) in [4.78, 5) is 23.9. The second-order valence-corrected chi connectivity index (χ2v) is 8.51. The van der Waals surface area contributed by atoms with Gasteiger partial charge in [-0.1, -0.05) is 6.07 Å². The highest BCUT2D eigenvalue weighted by Gasteiger charge is 2.27. The second-order valence-electron chi connectivity index (χ2n) is 6.57. The van der Waals surface area contributed by atoms with Crippen LogP contribution in [0.3, 0.4) is 0 Å². The molecule has 0 bridgehead atoms. The highest BCUT2D eigenvalue weighted by molar-refractivity contribution is 7.89. The minimum Gasteiger partial charge on any atom is -0.508 e. The van der Waals surface area contributed by atoms with Crippen LogP contribution >= 0.6 is 0 Å². The smallest absolute Gasteiger partial charge is 0.338 e. The topological polar surface area (TPSA) is 134 Å². The molecule has 1 aliphatic rings. The van der Waals surface area contributed by atoms with Crippen molar-refractivity contribution in [3.63, 3.8) is 0 Å². The van der Waals surface area contributed by atoms with Crippen molar-refractivity contribution in [3.8, 4) is 0 Å². The van der Waals surface area contributed by atoms with Gasteiger partial charge >= 0.3 is 5.97 Å². The molecule has 0 atom stereocenters. The van der Waals surface area contributed by atoms with Crippen LogP contribution in [0.2, 0.25) is 0 Å². The number of aryl methyl sites for hydroxylation is 1. The number of hydrogen-bond donors (Lipinski definition) is 2. The van der Waals surface area contributed by atoms with Crippen LogP contribution in [-0.2, 0) is 24.3 Å². The van der Waals surface area contributed by atoms with Crippen LogP contribution < -0.4 is 0 Å². The molecule has 1 aromatic rings. The van der Waals surface area contributed by atoms with Crippen molar-refractivity contribution in [3.05, 3.63) is 40.7 Å². The lowest BCUT2D eigenvalue weighted by Crippen LogP contribution is -2.40. The lowest BCUT2D eigenvalue weighted by Gasteiger charge is -2.26. The summed E-state index contributed by atoms with van der Waals surface area (Å²) in [5, 5.41) is 17.5. The van der Waals surface area contributed by atoms with Crippen molar-refractivity contribution in [2.24, 2.45) is 0 Å². The molecule has 158 valence electrons. The van der Waals surface area contributed by atoms with E-state index in [-0.39, 0.29) is 34.8 Å². The number of nitrogens with zero attached hydrogens (tertiary/aromatic N) is 1.